The molecule has 27 heavy (non-hydrogen) atoms. The Morgan fingerprint density at radius 3 is 1.89 bits per heavy atom. The lowest BCUT2D eigenvalue weighted by Crippen LogP contribution is -2.54. The first kappa shape index (κ1) is 23.2. The van der Waals surface area contributed by atoms with E-state index >= 15 is 0 Å². The molecular formula is C15H15F7O4S. The normalized spacial score (nSPS) is 13.4. The first-order valence-corrected chi connectivity index (χ1v) is 9.22. The molecule has 0 unspecified atom stereocenters. The van der Waals surface area contributed by atoms with E-state index in [4.69, 9.17) is 4.74 Å². The standard InChI is InChI=1S/C15H15F7O4S/c16-13(14(17,18)19,15(20,21)22)7-9-27(24,25)8-6-12(23)26-10-11-4-2-1-3-5-11/h1-5H,6-10H2. The summed E-state index contributed by atoms with van der Waals surface area (Å²) in [7, 11) is -4.55. The molecule has 12 heteroatoms. The summed E-state index contributed by atoms with van der Waals surface area (Å²) in [5.74, 6) is -3.80. The molecule has 0 aromatic heterocycles. The van der Waals surface area contributed by atoms with Crippen LogP contribution in [0.2, 0.25) is 0 Å². The van der Waals surface area contributed by atoms with Crippen LogP contribution >= 0.6 is 0 Å². The van der Waals surface area contributed by atoms with Crippen molar-refractivity contribution >= 4 is 15.8 Å². The Kier molecular flexibility index (Phi) is 7.25. The van der Waals surface area contributed by atoms with Crippen molar-refractivity contribution in [2.45, 2.75) is 37.5 Å². The number of ether oxygens (including phenoxy) is 1. The van der Waals surface area contributed by atoms with Gasteiger partial charge in [0.25, 0.3) is 5.67 Å². The molecule has 0 spiro atoms. The number of carbonyl (C=O) groups is 1. The molecule has 0 saturated heterocycles. The molecule has 1 aromatic carbocycles. The van der Waals surface area contributed by atoms with Crippen molar-refractivity contribution in [1.29, 1.82) is 0 Å². The van der Waals surface area contributed by atoms with E-state index in [9.17, 15) is 43.9 Å². The topological polar surface area (TPSA) is 60.4 Å². The van der Waals surface area contributed by atoms with Crippen LogP contribution in [0.4, 0.5) is 30.7 Å². The Morgan fingerprint density at radius 1 is 0.889 bits per heavy atom. The summed E-state index contributed by atoms with van der Waals surface area (Å²) < 4.78 is 116. The fourth-order valence-corrected chi connectivity index (χ4v) is 3.17. The average Bonchev–Trinajstić information content (AvgIpc) is 2.55. The number of halogens is 7. The van der Waals surface area contributed by atoms with Crippen molar-refractivity contribution < 1.29 is 48.7 Å². The van der Waals surface area contributed by atoms with Crippen LogP contribution in [-0.2, 0) is 26.0 Å². The van der Waals surface area contributed by atoms with Gasteiger partial charge in [-0.05, 0) is 5.56 Å². The van der Waals surface area contributed by atoms with E-state index in [1.165, 1.54) is 0 Å². The number of rotatable bonds is 8. The van der Waals surface area contributed by atoms with Gasteiger partial charge in [0.2, 0.25) is 0 Å². The molecule has 0 radical (unpaired) electrons. The molecule has 1 rings (SSSR count). The lowest BCUT2D eigenvalue weighted by atomic mass is 10.0. The number of esters is 1. The van der Waals surface area contributed by atoms with Gasteiger partial charge in [-0.3, -0.25) is 4.79 Å². The highest BCUT2D eigenvalue weighted by atomic mass is 32.2. The zero-order valence-electron chi connectivity index (χ0n) is 13.6. The minimum Gasteiger partial charge on any atom is -0.461 e. The largest absolute Gasteiger partial charge is 0.461 e. The average molecular weight is 424 g/mol. The Bertz CT molecular complexity index is 713. The van der Waals surface area contributed by atoms with Gasteiger partial charge in [-0.25, -0.2) is 12.8 Å². The van der Waals surface area contributed by atoms with Gasteiger partial charge in [-0.15, -0.1) is 0 Å². The number of benzene rings is 1. The minimum atomic E-state index is -6.32. The second-order valence-corrected chi connectivity index (χ2v) is 7.90. The second-order valence-electron chi connectivity index (χ2n) is 5.59. The van der Waals surface area contributed by atoms with E-state index in [1.807, 2.05) is 0 Å². The van der Waals surface area contributed by atoms with Gasteiger partial charge in [-0.1, -0.05) is 30.3 Å². The van der Waals surface area contributed by atoms with Crippen molar-refractivity contribution in [1.82, 2.24) is 0 Å². The zero-order valence-corrected chi connectivity index (χ0v) is 14.4. The van der Waals surface area contributed by atoms with E-state index in [1.54, 1.807) is 30.3 Å². The molecule has 0 fully saturated rings. The molecule has 4 nitrogen and oxygen atoms in total. The van der Waals surface area contributed by atoms with Gasteiger partial charge in [0.05, 0.1) is 17.9 Å². The van der Waals surface area contributed by atoms with Crippen molar-refractivity contribution in [3.8, 4) is 0 Å². The molecule has 0 heterocycles. The maximum absolute atomic E-state index is 13.4. The molecule has 0 N–H and O–H groups in total. The molecule has 0 atom stereocenters. The Balaban J connectivity index is 2.59. The first-order chi connectivity index (χ1) is 12.2. The molecular weight excluding hydrogens is 409 g/mol. The van der Waals surface area contributed by atoms with E-state index < -0.39 is 58.2 Å². The van der Waals surface area contributed by atoms with E-state index in [2.05, 4.69) is 0 Å². The Morgan fingerprint density at radius 2 is 1.41 bits per heavy atom. The lowest BCUT2D eigenvalue weighted by molar-refractivity contribution is -0.341. The summed E-state index contributed by atoms with van der Waals surface area (Å²) in [4.78, 5) is 11.5. The molecule has 0 saturated carbocycles. The van der Waals surface area contributed by atoms with Gasteiger partial charge in [0, 0.05) is 6.42 Å². The summed E-state index contributed by atoms with van der Waals surface area (Å²) in [5, 5.41) is 0. The molecule has 0 amide bonds. The number of hydrogen-bond donors (Lipinski definition) is 0. The zero-order chi connectivity index (χ0) is 20.9. The molecule has 0 bridgehead atoms. The summed E-state index contributed by atoms with van der Waals surface area (Å²) in [6.07, 6.45) is -15.8. The highest BCUT2D eigenvalue weighted by Crippen LogP contribution is 2.48. The van der Waals surface area contributed by atoms with Gasteiger partial charge >= 0.3 is 18.3 Å². The Labute approximate surface area is 150 Å². The number of alkyl halides is 7. The van der Waals surface area contributed by atoms with Crippen LogP contribution in [-0.4, -0.2) is 43.9 Å². The molecule has 154 valence electrons. The smallest absolute Gasteiger partial charge is 0.431 e. The maximum atomic E-state index is 13.4. The summed E-state index contributed by atoms with van der Waals surface area (Å²) in [6, 6.07) is 8.22. The number of hydrogen-bond acceptors (Lipinski definition) is 4. The van der Waals surface area contributed by atoms with Crippen molar-refractivity contribution in [2.75, 3.05) is 11.5 Å². The van der Waals surface area contributed by atoms with Crippen LogP contribution < -0.4 is 0 Å². The van der Waals surface area contributed by atoms with Gasteiger partial charge in [0.15, 0.2) is 9.84 Å². The van der Waals surface area contributed by atoms with Crippen molar-refractivity contribution in [3.05, 3.63) is 35.9 Å². The molecule has 1 aromatic rings. The van der Waals surface area contributed by atoms with E-state index in [0.29, 0.717) is 5.56 Å². The number of sulfone groups is 1. The van der Waals surface area contributed by atoms with E-state index in [0.717, 1.165) is 0 Å². The molecule has 0 aliphatic heterocycles. The van der Waals surface area contributed by atoms with Crippen molar-refractivity contribution in [2.24, 2.45) is 0 Å². The van der Waals surface area contributed by atoms with Crippen LogP contribution in [0, 0.1) is 0 Å². The summed E-state index contributed by atoms with van der Waals surface area (Å²) in [5.41, 5.74) is -5.06. The highest BCUT2D eigenvalue weighted by Gasteiger charge is 2.72. The summed E-state index contributed by atoms with van der Waals surface area (Å²) >= 11 is 0. The van der Waals surface area contributed by atoms with Crippen LogP contribution in [0.25, 0.3) is 0 Å². The second kappa shape index (κ2) is 8.44. The Hall–Kier alpha value is -1.85. The third-order valence-electron chi connectivity index (χ3n) is 3.52. The third kappa shape index (κ3) is 6.67. The van der Waals surface area contributed by atoms with Gasteiger partial charge < -0.3 is 4.74 Å². The molecule has 0 aliphatic rings. The SMILES string of the molecule is O=C(CCS(=O)(=O)CCC(F)(C(F)(F)F)C(F)(F)F)OCc1ccccc1. The fraction of sp³-hybridized carbons (Fsp3) is 0.533. The predicted octanol–water partition coefficient (Wildman–Crippen LogP) is 3.76. The fourth-order valence-electron chi connectivity index (χ4n) is 1.89. The lowest BCUT2D eigenvalue weighted by Gasteiger charge is -2.29. The van der Waals surface area contributed by atoms with Gasteiger partial charge in [-0.2, -0.15) is 26.3 Å². The quantitative estimate of drug-likeness (QED) is 0.471. The highest BCUT2D eigenvalue weighted by molar-refractivity contribution is 7.91. The maximum Gasteiger partial charge on any atom is 0.431 e. The predicted molar refractivity (Wildman–Crippen MR) is 80.1 cm³/mol. The van der Waals surface area contributed by atoms with Crippen LogP contribution in [0.1, 0.15) is 18.4 Å². The van der Waals surface area contributed by atoms with Crippen LogP contribution in [0.15, 0.2) is 30.3 Å². The van der Waals surface area contributed by atoms with E-state index in [-0.39, 0.29) is 6.61 Å². The third-order valence-corrected chi connectivity index (χ3v) is 5.17. The monoisotopic (exact) mass is 424 g/mol. The summed E-state index contributed by atoms with van der Waals surface area (Å²) in [6.45, 7) is -0.185. The molecule has 0 aliphatic carbocycles. The van der Waals surface area contributed by atoms with Crippen LogP contribution in [0.3, 0.4) is 0 Å². The van der Waals surface area contributed by atoms with Gasteiger partial charge in [0.1, 0.15) is 6.61 Å². The minimum absolute atomic E-state index is 0.185. The van der Waals surface area contributed by atoms with Crippen molar-refractivity contribution in [3.63, 3.8) is 0 Å². The van der Waals surface area contributed by atoms with Crippen LogP contribution in [0.5, 0.6) is 0 Å². The number of carbonyl (C=O) groups excluding carboxylic acids is 1. The first-order valence-electron chi connectivity index (χ1n) is 7.40.